The Hall–Kier alpha value is -0.600. The topological polar surface area (TPSA) is 26.0 Å². The molecule has 0 fully saturated rings. The molecule has 0 heterocycles. The van der Waals surface area contributed by atoms with Gasteiger partial charge in [0.05, 0.1) is 0 Å². The molecular formula is C11H15ClFN. The van der Waals surface area contributed by atoms with E-state index in [1.165, 1.54) is 6.92 Å². The van der Waals surface area contributed by atoms with E-state index in [4.69, 9.17) is 17.3 Å². The van der Waals surface area contributed by atoms with Crippen LogP contribution in [-0.2, 0) is 6.42 Å². The van der Waals surface area contributed by atoms with Crippen molar-refractivity contribution in [3.63, 3.8) is 0 Å². The van der Waals surface area contributed by atoms with E-state index in [0.717, 1.165) is 5.56 Å². The fourth-order valence-electron chi connectivity index (χ4n) is 1.55. The van der Waals surface area contributed by atoms with Crippen molar-refractivity contribution in [3.05, 3.63) is 34.3 Å². The average Bonchev–Trinajstić information content (AvgIpc) is 2.01. The first-order valence-electron chi connectivity index (χ1n) is 4.69. The lowest BCUT2D eigenvalue weighted by molar-refractivity contribution is 0.371. The molecule has 2 unspecified atom stereocenters. The summed E-state index contributed by atoms with van der Waals surface area (Å²) in [4.78, 5) is 0. The molecular weight excluding hydrogens is 201 g/mol. The van der Waals surface area contributed by atoms with Gasteiger partial charge >= 0.3 is 0 Å². The van der Waals surface area contributed by atoms with Gasteiger partial charge in [0.15, 0.2) is 0 Å². The van der Waals surface area contributed by atoms with Crippen molar-refractivity contribution in [3.8, 4) is 0 Å². The van der Waals surface area contributed by atoms with E-state index >= 15 is 0 Å². The maximum Gasteiger partial charge on any atom is 0.124 e. The molecule has 1 aromatic rings. The maximum absolute atomic E-state index is 13.3. The van der Waals surface area contributed by atoms with Gasteiger partial charge in [-0.15, -0.1) is 0 Å². The summed E-state index contributed by atoms with van der Waals surface area (Å²) in [6.07, 6.45) is -0.387. The highest BCUT2D eigenvalue weighted by molar-refractivity contribution is 6.31. The number of nitrogens with two attached hydrogens (primary N) is 1. The number of rotatable bonds is 3. The number of alkyl halides is 1. The maximum atomic E-state index is 13.3. The summed E-state index contributed by atoms with van der Waals surface area (Å²) in [5.74, 6) is 0. The molecule has 0 saturated heterocycles. The second kappa shape index (κ2) is 4.76. The highest BCUT2D eigenvalue weighted by Crippen LogP contribution is 2.29. The van der Waals surface area contributed by atoms with Crippen LogP contribution in [0.4, 0.5) is 4.39 Å². The van der Waals surface area contributed by atoms with Gasteiger partial charge in [-0.1, -0.05) is 23.7 Å². The summed E-state index contributed by atoms with van der Waals surface area (Å²) in [5, 5.41) is 0.484. The summed E-state index contributed by atoms with van der Waals surface area (Å²) in [6, 6.07) is 5.43. The molecule has 2 N–H and O–H groups in total. The Labute approximate surface area is 89.1 Å². The van der Waals surface area contributed by atoms with Crippen LogP contribution in [0.1, 0.15) is 31.1 Å². The van der Waals surface area contributed by atoms with Crippen molar-refractivity contribution in [2.24, 2.45) is 5.73 Å². The zero-order valence-electron chi connectivity index (χ0n) is 8.43. The van der Waals surface area contributed by atoms with Gasteiger partial charge in [-0.3, -0.25) is 0 Å². The third-order valence-corrected chi connectivity index (χ3v) is 2.41. The molecule has 1 nitrogen and oxygen atoms in total. The van der Waals surface area contributed by atoms with Gasteiger partial charge in [0.25, 0.3) is 0 Å². The van der Waals surface area contributed by atoms with Gasteiger partial charge < -0.3 is 5.73 Å². The fourth-order valence-corrected chi connectivity index (χ4v) is 1.90. The predicted molar refractivity (Wildman–Crippen MR) is 58.3 cm³/mol. The molecule has 0 aliphatic carbocycles. The first kappa shape index (κ1) is 11.5. The number of halogens is 2. The highest BCUT2D eigenvalue weighted by Gasteiger charge is 2.13. The Morgan fingerprint density at radius 1 is 1.43 bits per heavy atom. The molecule has 0 saturated carbocycles. The van der Waals surface area contributed by atoms with E-state index in [9.17, 15) is 4.39 Å². The van der Waals surface area contributed by atoms with Crippen LogP contribution in [-0.4, -0.2) is 6.04 Å². The van der Waals surface area contributed by atoms with Gasteiger partial charge in [-0.25, -0.2) is 4.39 Å². The second-order valence-corrected chi connectivity index (χ2v) is 4.02. The van der Waals surface area contributed by atoms with Crippen molar-refractivity contribution in [1.29, 1.82) is 0 Å². The van der Waals surface area contributed by atoms with Crippen molar-refractivity contribution < 1.29 is 4.39 Å². The van der Waals surface area contributed by atoms with E-state index in [1.807, 2.05) is 19.1 Å². The fraction of sp³-hybridized carbons (Fsp3) is 0.455. The molecule has 3 heteroatoms. The van der Waals surface area contributed by atoms with Gasteiger partial charge in [0, 0.05) is 16.6 Å². The summed E-state index contributed by atoms with van der Waals surface area (Å²) in [7, 11) is 0. The van der Waals surface area contributed by atoms with E-state index in [1.54, 1.807) is 6.07 Å². The van der Waals surface area contributed by atoms with Crippen LogP contribution in [0.15, 0.2) is 18.2 Å². The SMILES string of the molecule is CC(N)Cc1cccc(Cl)c1C(C)F. The highest BCUT2D eigenvalue weighted by atomic mass is 35.5. The zero-order chi connectivity index (χ0) is 10.7. The van der Waals surface area contributed by atoms with E-state index in [2.05, 4.69) is 0 Å². The van der Waals surface area contributed by atoms with Gasteiger partial charge in [0.1, 0.15) is 6.17 Å². The van der Waals surface area contributed by atoms with E-state index < -0.39 is 6.17 Å². The number of benzene rings is 1. The van der Waals surface area contributed by atoms with Crippen LogP contribution >= 0.6 is 11.6 Å². The molecule has 0 aliphatic heterocycles. The Balaban J connectivity index is 3.08. The normalized spacial score (nSPS) is 15.2. The standard InChI is InChI=1S/C11H15ClFN/c1-7(14)6-9-4-3-5-10(12)11(9)8(2)13/h3-5,7-8H,6,14H2,1-2H3. The molecule has 0 bridgehead atoms. The number of hydrogen-bond acceptors (Lipinski definition) is 1. The average molecular weight is 216 g/mol. The first-order chi connectivity index (χ1) is 6.52. The minimum Gasteiger partial charge on any atom is -0.328 e. The lowest BCUT2D eigenvalue weighted by Gasteiger charge is -2.13. The molecule has 0 radical (unpaired) electrons. The zero-order valence-corrected chi connectivity index (χ0v) is 9.18. The monoisotopic (exact) mass is 215 g/mol. The Morgan fingerprint density at radius 2 is 2.07 bits per heavy atom. The third-order valence-electron chi connectivity index (χ3n) is 2.08. The minimum atomic E-state index is -1.04. The van der Waals surface area contributed by atoms with Crippen LogP contribution in [0.3, 0.4) is 0 Å². The molecule has 1 aromatic carbocycles. The van der Waals surface area contributed by atoms with E-state index in [-0.39, 0.29) is 6.04 Å². The molecule has 0 aliphatic rings. The molecule has 2 atom stereocenters. The summed E-state index contributed by atoms with van der Waals surface area (Å²) < 4.78 is 13.3. The lowest BCUT2D eigenvalue weighted by Crippen LogP contribution is -2.18. The molecule has 0 spiro atoms. The smallest absolute Gasteiger partial charge is 0.124 e. The minimum absolute atomic E-state index is 0.0194. The summed E-state index contributed by atoms with van der Waals surface area (Å²) in [5.41, 5.74) is 7.16. The van der Waals surface area contributed by atoms with Crippen molar-refractivity contribution in [2.45, 2.75) is 32.5 Å². The number of hydrogen-bond donors (Lipinski definition) is 1. The molecule has 0 amide bonds. The summed E-state index contributed by atoms with van der Waals surface area (Å²) >= 11 is 5.93. The van der Waals surface area contributed by atoms with Gasteiger partial charge in [-0.05, 0) is 31.9 Å². The third kappa shape index (κ3) is 2.69. The molecule has 1 rings (SSSR count). The predicted octanol–water partition coefficient (Wildman–Crippen LogP) is 3.26. The van der Waals surface area contributed by atoms with Crippen LogP contribution in [0.25, 0.3) is 0 Å². The quantitative estimate of drug-likeness (QED) is 0.823. The van der Waals surface area contributed by atoms with Crippen molar-refractivity contribution >= 4 is 11.6 Å². The molecule has 14 heavy (non-hydrogen) atoms. The largest absolute Gasteiger partial charge is 0.328 e. The van der Waals surface area contributed by atoms with Crippen LogP contribution < -0.4 is 5.73 Å². The van der Waals surface area contributed by atoms with Crippen LogP contribution in [0.2, 0.25) is 5.02 Å². The second-order valence-electron chi connectivity index (χ2n) is 3.61. The van der Waals surface area contributed by atoms with E-state index in [0.29, 0.717) is 17.0 Å². The van der Waals surface area contributed by atoms with Gasteiger partial charge in [0.2, 0.25) is 0 Å². The Bertz CT molecular complexity index is 310. The molecule has 78 valence electrons. The van der Waals surface area contributed by atoms with Crippen LogP contribution in [0.5, 0.6) is 0 Å². The van der Waals surface area contributed by atoms with Crippen molar-refractivity contribution in [1.82, 2.24) is 0 Å². The van der Waals surface area contributed by atoms with Crippen molar-refractivity contribution in [2.75, 3.05) is 0 Å². The lowest BCUT2D eigenvalue weighted by atomic mass is 9.99. The first-order valence-corrected chi connectivity index (χ1v) is 5.07. The molecule has 0 aromatic heterocycles. The Morgan fingerprint density at radius 3 is 2.57 bits per heavy atom. The van der Waals surface area contributed by atoms with Crippen LogP contribution in [0, 0.1) is 0 Å². The Kier molecular flexibility index (Phi) is 3.90. The van der Waals surface area contributed by atoms with Gasteiger partial charge in [-0.2, -0.15) is 0 Å². The summed E-state index contributed by atoms with van der Waals surface area (Å²) in [6.45, 7) is 3.39.